The zero-order valence-corrected chi connectivity index (χ0v) is 16.6. The van der Waals surface area contributed by atoms with Gasteiger partial charge < -0.3 is 4.90 Å². The van der Waals surface area contributed by atoms with E-state index in [-0.39, 0.29) is 5.91 Å². The van der Waals surface area contributed by atoms with Crippen molar-refractivity contribution in [3.8, 4) is 0 Å². The van der Waals surface area contributed by atoms with Crippen LogP contribution in [0.5, 0.6) is 0 Å². The maximum absolute atomic E-state index is 12.1. The highest BCUT2D eigenvalue weighted by molar-refractivity contribution is 9.10. The number of benzene rings is 2. The smallest absolute Gasteiger partial charge is 0.271 e. The minimum atomic E-state index is -0.210. The van der Waals surface area contributed by atoms with Crippen LogP contribution in [0.1, 0.15) is 48.5 Å². The zero-order valence-electron chi connectivity index (χ0n) is 15.0. The van der Waals surface area contributed by atoms with Crippen LogP contribution in [0, 0.1) is 0 Å². The van der Waals surface area contributed by atoms with E-state index < -0.39 is 0 Å². The lowest BCUT2D eigenvalue weighted by Crippen LogP contribution is -2.23. The molecule has 4 nitrogen and oxygen atoms in total. The molecule has 5 heteroatoms. The molecule has 0 radical (unpaired) electrons. The van der Waals surface area contributed by atoms with Crippen LogP contribution in [0.3, 0.4) is 0 Å². The van der Waals surface area contributed by atoms with Crippen molar-refractivity contribution in [2.75, 3.05) is 18.0 Å². The second-order valence-corrected chi connectivity index (χ2v) is 7.51. The Labute approximate surface area is 163 Å². The molecule has 1 aliphatic rings. The number of rotatable bonds is 4. The van der Waals surface area contributed by atoms with Crippen molar-refractivity contribution in [2.24, 2.45) is 5.10 Å². The van der Waals surface area contributed by atoms with Crippen LogP contribution < -0.4 is 10.3 Å². The van der Waals surface area contributed by atoms with Crippen molar-refractivity contribution in [2.45, 2.75) is 32.6 Å². The molecule has 1 heterocycles. The van der Waals surface area contributed by atoms with Gasteiger partial charge in [-0.2, -0.15) is 5.10 Å². The summed E-state index contributed by atoms with van der Waals surface area (Å²) in [4.78, 5) is 14.6. The molecule has 0 atom stereocenters. The molecule has 136 valence electrons. The molecule has 1 amide bonds. The number of hydrazone groups is 1. The number of carbonyl (C=O) groups is 1. The lowest BCUT2D eigenvalue weighted by molar-refractivity contribution is 0.0955. The maximum Gasteiger partial charge on any atom is 0.271 e. The summed E-state index contributed by atoms with van der Waals surface area (Å²) in [7, 11) is 0. The molecule has 2 aromatic carbocycles. The Morgan fingerprint density at radius 1 is 0.923 bits per heavy atom. The predicted molar refractivity (Wildman–Crippen MR) is 111 cm³/mol. The van der Waals surface area contributed by atoms with Gasteiger partial charge in [0.1, 0.15) is 0 Å². The van der Waals surface area contributed by atoms with Crippen LogP contribution in [0.15, 0.2) is 58.1 Å². The fourth-order valence-corrected chi connectivity index (χ4v) is 3.37. The van der Waals surface area contributed by atoms with Gasteiger partial charge in [0.2, 0.25) is 0 Å². The fraction of sp³-hybridized carbons (Fsp3) is 0.333. The Morgan fingerprint density at radius 2 is 1.50 bits per heavy atom. The van der Waals surface area contributed by atoms with Crippen molar-refractivity contribution in [1.82, 2.24) is 5.43 Å². The summed E-state index contributed by atoms with van der Waals surface area (Å²) >= 11 is 3.36. The van der Waals surface area contributed by atoms with Gasteiger partial charge in [-0.3, -0.25) is 4.79 Å². The van der Waals surface area contributed by atoms with E-state index in [4.69, 9.17) is 0 Å². The highest BCUT2D eigenvalue weighted by Gasteiger charge is 2.10. The van der Waals surface area contributed by atoms with Gasteiger partial charge in [0, 0.05) is 28.8 Å². The first-order chi connectivity index (χ1) is 12.6. The van der Waals surface area contributed by atoms with E-state index in [0.717, 1.165) is 28.8 Å². The number of nitrogens with zero attached hydrogens (tertiary/aromatic N) is 2. The van der Waals surface area contributed by atoms with Gasteiger partial charge in [0.05, 0.1) is 5.71 Å². The molecular formula is C21H24BrN3O. The van der Waals surface area contributed by atoms with E-state index in [0.29, 0.717) is 5.56 Å². The summed E-state index contributed by atoms with van der Waals surface area (Å²) < 4.78 is 0.943. The number of halogens is 1. The van der Waals surface area contributed by atoms with E-state index in [1.807, 2.05) is 19.1 Å². The van der Waals surface area contributed by atoms with Crippen molar-refractivity contribution in [3.05, 3.63) is 64.1 Å². The van der Waals surface area contributed by atoms with E-state index in [2.05, 4.69) is 55.6 Å². The van der Waals surface area contributed by atoms with Crippen molar-refractivity contribution in [1.29, 1.82) is 0 Å². The standard InChI is InChI=1S/C21H24BrN3O/c1-16(23-24-21(26)18-6-10-19(22)11-7-18)17-8-12-20(13-9-17)25-14-4-2-3-5-15-25/h6-13H,2-5,14-15H2,1H3,(H,24,26)/b23-16-. The Balaban J connectivity index is 1.63. The minimum Gasteiger partial charge on any atom is -0.372 e. The average Bonchev–Trinajstić information content (AvgIpc) is 2.96. The monoisotopic (exact) mass is 413 g/mol. The van der Waals surface area contributed by atoms with E-state index in [1.54, 1.807) is 12.1 Å². The molecule has 1 saturated heterocycles. The second-order valence-electron chi connectivity index (χ2n) is 6.59. The molecule has 0 unspecified atom stereocenters. The number of nitrogens with one attached hydrogen (secondary N) is 1. The summed E-state index contributed by atoms with van der Waals surface area (Å²) in [5, 5.41) is 4.24. The summed E-state index contributed by atoms with van der Waals surface area (Å²) in [6, 6.07) is 15.7. The van der Waals surface area contributed by atoms with Gasteiger partial charge in [-0.05, 0) is 61.7 Å². The van der Waals surface area contributed by atoms with Gasteiger partial charge in [-0.15, -0.1) is 0 Å². The second kappa shape index (κ2) is 8.99. The number of carbonyl (C=O) groups excluding carboxylic acids is 1. The molecular weight excluding hydrogens is 390 g/mol. The third-order valence-electron chi connectivity index (χ3n) is 4.69. The SMILES string of the molecule is C/C(=N/NC(=O)c1ccc(Br)cc1)c1ccc(N2CCCCCC2)cc1. The van der Waals surface area contributed by atoms with Crippen LogP contribution in [-0.4, -0.2) is 24.7 Å². The van der Waals surface area contributed by atoms with Gasteiger partial charge in [-0.25, -0.2) is 5.43 Å². The van der Waals surface area contributed by atoms with E-state index in [9.17, 15) is 4.79 Å². The first-order valence-corrected chi connectivity index (χ1v) is 9.88. The number of amides is 1. The molecule has 1 aliphatic heterocycles. The predicted octanol–water partition coefficient (Wildman–Crippen LogP) is 4.98. The Hall–Kier alpha value is -2.14. The molecule has 0 spiro atoms. The van der Waals surface area contributed by atoms with E-state index in [1.165, 1.54) is 31.4 Å². The molecule has 1 N–H and O–H groups in total. The van der Waals surface area contributed by atoms with Crippen LogP contribution in [-0.2, 0) is 0 Å². The van der Waals surface area contributed by atoms with Crippen LogP contribution in [0.4, 0.5) is 5.69 Å². The molecule has 3 rings (SSSR count). The van der Waals surface area contributed by atoms with Gasteiger partial charge in [-0.1, -0.05) is 40.9 Å². The summed E-state index contributed by atoms with van der Waals surface area (Å²) in [5.41, 5.74) is 6.28. The fourth-order valence-electron chi connectivity index (χ4n) is 3.11. The highest BCUT2D eigenvalue weighted by Crippen LogP contribution is 2.20. The van der Waals surface area contributed by atoms with Crippen LogP contribution >= 0.6 is 15.9 Å². The molecule has 0 bridgehead atoms. The largest absolute Gasteiger partial charge is 0.372 e. The van der Waals surface area contributed by atoms with Gasteiger partial charge >= 0.3 is 0 Å². The average molecular weight is 414 g/mol. The summed E-state index contributed by atoms with van der Waals surface area (Å²) in [5.74, 6) is -0.210. The number of anilines is 1. The molecule has 1 fully saturated rings. The molecule has 2 aromatic rings. The summed E-state index contributed by atoms with van der Waals surface area (Å²) in [6.45, 7) is 4.17. The van der Waals surface area contributed by atoms with E-state index >= 15 is 0 Å². The third-order valence-corrected chi connectivity index (χ3v) is 5.22. The Kier molecular flexibility index (Phi) is 6.45. The molecule has 0 aromatic heterocycles. The molecule has 0 saturated carbocycles. The lowest BCUT2D eigenvalue weighted by Gasteiger charge is -2.22. The first-order valence-electron chi connectivity index (χ1n) is 9.09. The topological polar surface area (TPSA) is 44.7 Å². The minimum absolute atomic E-state index is 0.210. The third kappa shape index (κ3) is 4.94. The van der Waals surface area contributed by atoms with Gasteiger partial charge in [0.25, 0.3) is 5.91 Å². The number of hydrogen-bond acceptors (Lipinski definition) is 3. The van der Waals surface area contributed by atoms with Crippen molar-refractivity contribution >= 4 is 33.2 Å². The highest BCUT2D eigenvalue weighted by atomic mass is 79.9. The Morgan fingerprint density at radius 3 is 2.12 bits per heavy atom. The Bertz CT molecular complexity index is 761. The normalized spacial score (nSPS) is 15.5. The summed E-state index contributed by atoms with van der Waals surface area (Å²) in [6.07, 6.45) is 5.20. The molecule has 0 aliphatic carbocycles. The van der Waals surface area contributed by atoms with Crippen LogP contribution in [0.2, 0.25) is 0 Å². The zero-order chi connectivity index (χ0) is 18.4. The lowest BCUT2D eigenvalue weighted by atomic mass is 10.1. The first kappa shape index (κ1) is 18.6. The van der Waals surface area contributed by atoms with Crippen molar-refractivity contribution in [3.63, 3.8) is 0 Å². The van der Waals surface area contributed by atoms with Crippen LogP contribution in [0.25, 0.3) is 0 Å². The maximum atomic E-state index is 12.1. The quantitative estimate of drug-likeness (QED) is 0.566. The van der Waals surface area contributed by atoms with Crippen molar-refractivity contribution < 1.29 is 4.79 Å². The van der Waals surface area contributed by atoms with Gasteiger partial charge in [0.15, 0.2) is 0 Å². The molecule has 26 heavy (non-hydrogen) atoms. The number of hydrogen-bond donors (Lipinski definition) is 1.